The number of fused-ring (bicyclic) bond motifs is 1. The fourth-order valence-corrected chi connectivity index (χ4v) is 7.31. The molecule has 0 aliphatic heterocycles. The van der Waals surface area contributed by atoms with Gasteiger partial charge in [0, 0.05) is 27.3 Å². The van der Waals surface area contributed by atoms with Crippen LogP contribution >= 0.6 is 24.1 Å². The number of hydrogen-bond donors (Lipinski definition) is 7. The summed E-state index contributed by atoms with van der Waals surface area (Å²) in [5, 5.41) is 54.2. The summed E-state index contributed by atoms with van der Waals surface area (Å²) in [4.78, 5) is 13.7. The molecular formula is C33H28N8O12S4. The van der Waals surface area contributed by atoms with Gasteiger partial charge in [0.2, 0.25) is 17.8 Å². The largest absolute Gasteiger partial charge is 0.505 e. The predicted octanol–water partition coefficient (Wildman–Crippen LogP) is 8.27. The van der Waals surface area contributed by atoms with E-state index in [4.69, 9.17) is 10.5 Å². The van der Waals surface area contributed by atoms with Crippen molar-refractivity contribution in [2.24, 2.45) is 10.2 Å². The van der Waals surface area contributed by atoms with Gasteiger partial charge in [-0.2, -0.15) is 28.5 Å². The summed E-state index contributed by atoms with van der Waals surface area (Å²) in [6, 6.07) is 24.2. The number of hydrogen-bond acceptors (Lipinski definition) is 21. The van der Waals surface area contributed by atoms with Crippen LogP contribution < -0.4 is 16.0 Å². The van der Waals surface area contributed by atoms with Crippen molar-refractivity contribution >= 4 is 101 Å². The third-order valence-electron chi connectivity index (χ3n) is 7.58. The average Bonchev–Trinajstić information content (AvgIpc) is 3.19. The molecule has 0 radical (unpaired) electrons. The molecule has 6 rings (SSSR count). The van der Waals surface area contributed by atoms with Crippen molar-refractivity contribution in [2.45, 2.75) is 26.5 Å². The van der Waals surface area contributed by atoms with Gasteiger partial charge in [-0.25, -0.2) is 18.9 Å². The van der Waals surface area contributed by atoms with E-state index in [2.05, 4.69) is 59.9 Å². The molecule has 5 aromatic carbocycles. The van der Waals surface area contributed by atoms with Gasteiger partial charge in [-0.15, -0.1) is 13.8 Å². The lowest BCUT2D eigenvalue weighted by Crippen LogP contribution is -2.08. The van der Waals surface area contributed by atoms with Crippen molar-refractivity contribution in [1.29, 1.82) is 0 Å². The van der Waals surface area contributed by atoms with Crippen molar-refractivity contribution in [1.82, 2.24) is 15.0 Å². The zero-order valence-electron chi connectivity index (χ0n) is 28.9. The zero-order chi connectivity index (χ0) is 40.6. The quantitative estimate of drug-likeness (QED) is 0.0149. The Morgan fingerprint density at radius 2 is 1.28 bits per heavy atom. The molecule has 0 saturated heterocycles. The van der Waals surface area contributed by atoms with Crippen LogP contribution in [0.3, 0.4) is 0 Å². The second kappa shape index (κ2) is 18.2. The Morgan fingerprint density at radius 3 is 1.89 bits per heavy atom. The number of sulfone groups is 1. The maximum atomic E-state index is 12.2. The van der Waals surface area contributed by atoms with Crippen LogP contribution in [-0.2, 0) is 38.7 Å². The summed E-state index contributed by atoms with van der Waals surface area (Å²) in [7, 11) is -7.94. The molecule has 0 bridgehead atoms. The highest BCUT2D eigenvalue weighted by Gasteiger charge is 2.18. The second-order valence-electron chi connectivity index (χ2n) is 11.3. The number of aromatic hydroxyl groups is 1. The smallest absolute Gasteiger partial charge is 0.294 e. The number of nitrogens with zero attached hydrogens (tertiary/aromatic N) is 5. The lowest BCUT2D eigenvalue weighted by Gasteiger charge is -2.13. The molecule has 0 amide bonds. The predicted molar refractivity (Wildman–Crippen MR) is 208 cm³/mol. The molecule has 20 nitrogen and oxygen atoms in total. The summed E-state index contributed by atoms with van der Waals surface area (Å²) in [5.74, 6) is -0.390. The van der Waals surface area contributed by atoms with Crippen LogP contribution in [0.4, 0.5) is 46.3 Å². The van der Waals surface area contributed by atoms with Gasteiger partial charge in [0.25, 0.3) is 10.1 Å². The van der Waals surface area contributed by atoms with Crippen LogP contribution in [0.1, 0.15) is 6.92 Å². The molecule has 7 N–H and O–H groups in total. The first-order valence-electron chi connectivity index (χ1n) is 15.9. The number of anilines is 6. The van der Waals surface area contributed by atoms with Crippen LogP contribution in [0.25, 0.3) is 10.8 Å². The van der Waals surface area contributed by atoms with E-state index in [0.717, 1.165) is 12.0 Å². The maximum Gasteiger partial charge on any atom is 0.294 e. The second-order valence-corrected chi connectivity index (χ2v) is 16.5. The fraction of sp³-hybridized carbons (Fsp3) is 0.0606. The van der Waals surface area contributed by atoms with E-state index in [1.165, 1.54) is 55.5 Å². The Hall–Kier alpha value is -5.51. The summed E-state index contributed by atoms with van der Waals surface area (Å²) in [5.41, 5.74) is 1.39. The lowest BCUT2D eigenvalue weighted by atomic mass is 10.1. The zero-order valence-corrected chi connectivity index (χ0v) is 32.1. The van der Waals surface area contributed by atoms with E-state index >= 15 is 0 Å². The van der Waals surface area contributed by atoms with Gasteiger partial charge in [-0.3, -0.25) is 4.55 Å². The van der Waals surface area contributed by atoms with E-state index in [1.807, 2.05) is 0 Å². The van der Waals surface area contributed by atoms with E-state index in [9.17, 15) is 26.5 Å². The Kier molecular flexibility index (Phi) is 13.1. The van der Waals surface area contributed by atoms with Gasteiger partial charge in [0.05, 0.1) is 50.2 Å². The van der Waals surface area contributed by atoms with Crippen LogP contribution in [0.2, 0.25) is 0 Å². The van der Waals surface area contributed by atoms with Gasteiger partial charge in [-0.05, 0) is 90.3 Å². The van der Waals surface area contributed by atoms with E-state index in [0.29, 0.717) is 44.8 Å². The highest BCUT2D eigenvalue weighted by molar-refractivity contribution is 7.95. The monoisotopic (exact) mass is 856 g/mol. The van der Waals surface area contributed by atoms with Crippen molar-refractivity contribution in [3.8, 4) is 5.75 Å². The van der Waals surface area contributed by atoms with E-state index in [-0.39, 0.29) is 55.4 Å². The number of aromatic nitrogens is 3. The highest BCUT2D eigenvalue weighted by Crippen LogP contribution is 2.44. The van der Waals surface area contributed by atoms with Gasteiger partial charge in [-0.1, -0.05) is 29.1 Å². The molecule has 0 fully saturated rings. The van der Waals surface area contributed by atoms with Gasteiger partial charge in [0.15, 0.2) is 15.6 Å². The number of azo groups is 1. The number of phenolic OH excluding ortho intramolecular Hbond substituents is 1. The summed E-state index contributed by atoms with van der Waals surface area (Å²) < 4.78 is 66.6. The minimum atomic E-state index is -4.51. The van der Waals surface area contributed by atoms with E-state index in [1.54, 1.807) is 48.5 Å². The Balaban J connectivity index is 1.33. The van der Waals surface area contributed by atoms with Crippen molar-refractivity contribution in [3.05, 3.63) is 97.1 Å². The van der Waals surface area contributed by atoms with Crippen LogP contribution in [0.5, 0.6) is 5.75 Å². The number of rotatable bonds is 17. The molecule has 0 aliphatic rings. The number of benzene rings is 5. The SMILES string of the molecule is CCS(=O)(=O)c1ccc(N=Nc2c(SOOO)cc3cc(Nc4nc(Nc5cccc(SOOO)c5)nc(Nc5cccc(S(=O)(=O)O)c5)n4)ccc3c2O)cc1. The Bertz CT molecular complexity index is 2660. The van der Waals surface area contributed by atoms with Crippen LogP contribution in [0, 0.1) is 0 Å². The van der Waals surface area contributed by atoms with Gasteiger partial charge in [0.1, 0.15) is 5.69 Å². The Morgan fingerprint density at radius 1 is 0.684 bits per heavy atom. The minimum absolute atomic E-state index is 0.00170. The van der Waals surface area contributed by atoms with Crippen molar-refractivity contribution in [2.75, 3.05) is 21.7 Å². The molecule has 0 unspecified atom stereocenters. The third-order valence-corrected chi connectivity index (χ3v) is 11.4. The van der Waals surface area contributed by atoms with E-state index < -0.39 is 20.0 Å². The van der Waals surface area contributed by atoms with Crippen LogP contribution in [0.15, 0.2) is 127 Å². The normalized spacial score (nSPS) is 11.9. The fourth-order valence-electron chi connectivity index (χ4n) is 4.98. The molecule has 6 aromatic rings. The number of phenols is 1. The standard InChI is InChI=1S/C33H28N8O12S4/c1-2-56(45,46)25-12-9-20(10-13-25)40-41-29-28(55-53-51-44)16-19-15-23(11-14-27(19)30(29)42)36-33-38-31(34-21-5-3-7-24(17-21)54-52-50-43)37-32(39-33)35-22-6-4-8-26(18-22)57(47,48)49/h3-18,42-44H,2H2,1H3,(H,47,48,49)(H3,34,35,36,37,38,39). The third kappa shape index (κ3) is 10.7. The lowest BCUT2D eigenvalue weighted by molar-refractivity contribution is -0.432. The average molecular weight is 857 g/mol. The van der Waals surface area contributed by atoms with Crippen molar-refractivity contribution in [3.63, 3.8) is 0 Å². The molecule has 0 saturated carbocycles. The summed E-state index contributed by atoms with van der Waals surface area (Å²) >= 11 is 1.26. The molecule has 57 heavy (non-hydrogen) atoms. The first-order valence-corrected chi connectivity index (χ1v) is 20.5. The molecular weight excluding hydrogens is 829 g/mol. The summed E-state index contributed by atoms with van der Waals surface area (Å²) in [6.07, 6.45) is 0. The first-order chi connectivity index (χ1) is 27.3. The van der Waals surface area contributed by atoms with Gasteiger partial charge < -0.3 is 21.1 Å². The van der Waals surface area contributed by atoms with Gasteiger partial charge >= 0.3 is 0 Å². The minimum Gasteiger partial charge on any atom is -0.505 e. The molecule has 24 heteroatoms. The molecule has 0 atom stereocenters. The maximum absolute atomic E-state index is 12.2. The first kappa shape index (κ1) is 41.1. The molecule has 1 heterocycles. The number of nitrogens with one attached hydrogen (secondary N) is 3. The molecule has 1 aromatic heterocycles. The van der Waals surface area contributed by atoms with Crippen LogP contribution in [-0.4, -0.2) is 57.7 Å². The topological polar surface area (TPSA) is 286 Å². The molecule has 0 aliphatic carbocycles. The summed E-state index contributed by atoms with van der Waals surface area (Å²) in [6.45, 7) is 1.54. The molecule has 296 valence electrons. The molecule has 0 spiro atoms. The Labute approximate surface area is 331 Å². The van der Waals surface area contributed by atoms with Crippen molar-refractivity contribution < 1.29 is 55.8 Å². The highest BCUT2D eigenvalue weighted by atomic mass is 32.2.